The van der Waals surface area contributed by atoms with Crippen LogP contribution >= 0.6 is 11.6 Å². The highest BCUT2D eigenvalue weighted by Crippen LogP contribution is 2.25. The van der Waals surface area contributed by atoms with Crippen LogP contribution in [0.4, 0.5) is 4.39 Å². The van der Waals surface area contributed by atoms with Crippen LogP contribution in [0, 0.1) is 5.82 Å². The van der Waals surface area contributed by atoms with E-state index in [1.54, 1.807) is 0 Å². The molecular formula is C17H16ClFO. The summed E-state index contributed by atoms with van der Waals surface area (Å²) in [5.74, 6) is -0.480. The van der Waals surface area contributed by atoms with Gasteiger partial charge in [-0.25, -0.2) is 4.39 Å². The van der Waals surface area contributed by atoms with Crippen molar-refractivity contribution >= 4 is 17.4 Å². The van der Waals surface area contributed by atoms with Gasteiger partial charge in [0, 0.05) is 17.4 Å². The van der Waals surface area contributed by atoms with Gasteiger partial charge < -0.3 is 0 Å². The molecule has 0 amide bonds. The number of halogens is 2. The number of Topliss-reactive ketones (excluding diaryl/α,β-unsaturated/α-hetero) is 1. The summed E-state index contributed by atoms with van der Waals surface area (Å²) in [5.41, 5.74) is 1.54. The van der Waals surface area contributed by atoms with Crippen LogP contribution in [0.15, 0.2) is 48.5 Å². The minimum atomic E-state index is -0.370. The zero-order valence-electron chi connectivity index (χ0n) is 11.3. The molecule has 2 aromatic carbocycles. The van der Waals surface area contributed by atoms with Crippen LogP contribution in [0.25, 0.3) is 0 Å². The van der Waals surface area contributed by atoms with Crippen molar-refractivity contribution in [3.63, 3.8) is 0 Å². The van der Waals surface area contributed by atoms with Gasteiger partial charge in [-0.2, -0.15) is 0 Å². The van der Waals surface area contributed by atoms with Gasteiger partial charge in [-0.3, -0.25) is 4.79 Å². The summed E-state index contributed by atoms with van der Waals surface area (Å²) in [4.78, 5) is 12.4. The van der Waals surface area contributed by atoms with Crippen LogP contribution in [0.5, 0.6) is 0 Å². The summed E-state index contributed by atoms with van der Waals surface area (Å²) in [6.07, 6.45) is 0.875. The smallest absolute Gasteiger partial charge is 0.144 e. The summed E-state index contributed by atoms with van der Waals surface area (Å²) in [6.45, 7) is 1.97. The van der Waals surface area contributed by atoms with Crippen LogP contribution in [0.3, 0.4) is 0 Å². The number of carbonyl (C=O) groups is 1. The molecule has 104 valence electrons. The second kappa shape index (κ2) is 6.67. The van der Waals surface area contributed by atoms with Crippen LogP contribution < -0.4 is 0 Å². The first-order valence-electron chi connectivity index (χ1n) is 6.63. The first-order valence-corrected chi connectivity index (χ1v) is 7.01. The Hall–Kier alpha value is -1.67. The molecule has 0 aliphatic rings. The van der Waals surface area contributed by atoms with Crippen molar-refractivity contribution in [2.24, 2.45) is 0 Å². The predicted octanol–water partition coefficient (Wildman–Crippen LogP) is 4.78. The highest BCUT2D eigenvalue weighted by atomic mass is 35.5. The quantitative estimate of drug-likeness (QED) is 0.774. The van der Waals surface area contributed by atoms with Gasteiger partial charge in [0.1, 0.15) is 11.6 Å². The summed E-state index contributed by atoms with van der Waals surface area (Å²) >= 11 is 6.02. The molecule has 0 fully saturated rings. The Morgan fingerprint density at radius 2 is 1.90 bits per heavy atom. The molecule has 1 nitrogen and oxygen atoms in total. The Bertz CT molecular complexity index is 595. The molecule has 0 heterocycles. The fourth-order valence-electron chi connectivity index (χ4n) is 2.32. The van der Waals surface area contributed by atoms with Crippen molar-refractivity contribution in [3.05, 3.63) is 70.5 Å². The molecule has 20 heavy (non-hydrogen) atoms. The number of rotatable bonds is 5. The van der Waals surface area contributed by atoms with E-state index < -0.39 is 0 Å². The lowest BCUT2D eigenvalue weighted by atomic mass is 9.89. The zero-order valence-corrected chi connectivity index (χ0v) is 12.0. The Morgan fingerprint density at radius 3 is 2.55 bits per heavy atom. The molecule has 0 N–H and O–H groups in total. The summed E-state index contributed by atoms with van der Waals surface area (Å²) < 4.78 is 13.2. The molecule has 0 saturated heterocycles. The standard InChI is InChI=1S/C17H16ClFO/c1-2-15(12-6-4-3-5-7-12)17(20)11-13-10-14(19)8-9-16(13)18/h3-10,15H,2,11H2,1H3. The number of hydrogen-bond donors (Lipinski definition) is 0. The van der Waals surface area contributed by atoms with E-state index in [0.29, 0.717) is 10.6 Å². The summed E-state index contributed by atoms with van der Waals surface area (Å²) in [7, 11) is 0. The molecule has 2 aromatic rings. The van der Waals surface area contributed by atoms with E-state index in [-0.39, 0.29) is 23.9 Å². The third-order valence-corrected chi connectivity index (χ3v) is 3.74. The minimum Gasteiger partial charge on any atom is -0.299 e. The fraction of sp³-hybridized carbons (Fsp3) is 0.235. The topological polar surface area (TPSA) is 17.1 Å². The van der Waals surface area contributed by atoms with Gasteiger partial charge in [-0.15, -0.1) is 0 Å². The van der Waals surface area contributed by atoms with Crippen molar-refractivity contribution in [1.82, 2.24) is 0 Å². The Balaban J connectivity index is 2.20. The lowest BCUT2D eigenvalue weighted by Crippen LogP contribution is -2.14. The van der Waals surface area contributed by atoms with Crippen molar-refractivity contribution in [2.75, 3.05) is 0 Å². The predicted molar refractivity (Wildman–Crippen MR) is 79.6 cm³/mol. The van der Waals surface area contributed by atoms with E-state index in [9.17, 15) is 9.18 Å². The Labute approximate surface area is 123 Å². The zero-order chi connectivity index (χ0) is 14.5. The second-order valence-electron chi connectivity index (χ2n) is 4.75. The highest BCUT2D eigenvalue weighted by Gasteiger charge is 2.19. The van der Waals surface area contributed by atoms with Gasteiger partial charge in [0.2, 0.25) is 0 Å². The van der Waals surface area contributed by atoms with Gasteiger partial charge in [0.25, 0.3) is 0 Å². The third kappa shape index (κ3) is 3.45. The average Bonchev–Trinajstić information content (AvgIpc) is 2.45. The molecule has 0 aromatic heterocycles. The molecule has 2 rings (SSSR count). The minimum absolute atomic E-state index is 0.0613. The van der Waals surface area contributed by atoms with E-state index in [4.69, 9.17) is 11.6 Å². The van der Waals surface area contributed by atoms with Crippen molar-refractivity contribution < 1.29 is 9.18 Å². The lowest BCUT2D eigenvalue weighted by molar-refractivity contribution is -0.119. The maximum Gasteiger partial charge on any atom is 0.144 e. The number of hydrogen-bond acceptors (Lipinski definition) is 1. The molecular weight excluding hydrogens is 275 g/mol. The van der Waals surface area contributed by atoms with Crippen LogP contribution in [-0.4, -0.2) is 5.78 Å². The highest BCUT2D eigenvalue weighted by molar-refractivity contribution is 6.31. The normalized spacial score (nSPS) is 12.2. The average molecular weight is 291 g/mol. The molecule has 1 atom stereocenters. The first-order chi connectivity index (χ1) is 9.61. The van der Waals surface area contributed by atoms with Crippen molar-refractivity contribution in [2.45, 2.75) is 25.7 Å². The lowest BCUT2D eigenvalue weighted by Gasteiger charge is -2.14. The maximum atomic E-state index is 13.2. The van der Waals surface area contributed by atoms with Crippen LogP contribution in [-0.2, 0) is 11.2 Å². The largest absolute Gasteiger partial charge is 0.299 e. The molecule has 0 aliphatic heterocycles. The monoisotopic (exact) mass is 290 g/mol. The molecule has 3 heteroatoms. The van der Waals surface area contributed by atoms with Gasteiger partial charge in [0.15, 0.2) is 0 Å². The number of benzene rings is 2. The van der Waals surface area contributed by atoms with Gasteiger partial charge >= 0.3 is 0 Å². The number of ketones is 1. The van der Waals surface area contributed by atoms with Crippen LogP contribution in [0.2, 0.25) is 5.02 Å². The van der Waals surface area contributed by atoms with Gasteiger partial charge in [-0.05, 0) is 35.7 Å². The molecule has 0 bridgehead atoms. The van der Waals surface area contributed by atoms with E-state index in [1.807, 2.05) is 37.3 Å². The second-order valence-corrected chi connectivity index (χ2v) is 5.16. The van der Waals surface area contributed by atoms with E-state index in [2.05, 4.69) is 0 Å². The SMILES string of the molecule is CCC(C(=O)Cc1cc(F)ccc1Cl)c1ccccc1. The fourth-order valence-corrected chi connectivity index (χ4v) is 2.51. The molecule has 0 radical (unpaired) electrons. The summed E-state index contributed by atoms with van der Waals surface area (Å²) in [6, 6.07) is 13.8. The van der Waals surface area contributed by atoms with Gasteiger partial charge in [-0.1, -0.05) is 48.9 Å². The molecule has 1 unspecified atom stereocenters. The summed E-state index contributed by atoms with van der Waals surface area (Å²) in [5, 5.41) is 0.433. The van der Waals surface area contributed by atoms with Crippen LogP contribution in [0.1, 0.15) is 30.4 Å². The third-order valence-electron chi connectivity index (χ3n) is 3.37. The van der Waals surface area contributed by atoms with E-state index in [1.165, 1.54) is 18.2 Å². The number of carbonyl (C=O) groups excluding carboxylic acids is 1. The van der Waals surface area contributed by atoms with E-state index in [0.717, 1.165) is 12.0 Å². The van der Waals surface area contributed by atoms with Crippen molar-refractivity contribution in [3.8, 4) is 0 Å². The van der Waals surface area contributed by atoms with Crippen molar-refractivity contribution in [1.29, 1.82) is 0 Å². The molecule has 0 saturated carbocycles. The maximum absolute atomic E-state index is 13.2. The molecule has 0 spiro atoms. The van der Waals surface area contributed by atoms with E-state index >= 15 is 0 Å². The van der Waals surface area contributed by atoms with Gasteiger partial charge in [0.05, 0.1) is 0 Å². The molecule has 0 aliphatic carbocycles. The Kier molecular flexibility index (Phi) is 4.91. The Morgan fingerprint density at radius 1 is 1.20 bits per heavy atom. The first kappa shape index (κ1) is 14.7.